The Morgan fingerprint density at radius 2 is 2.25 bits per heavy atom. The fourth-order valence-electron chi connectivity index (χ4n) is 0.550. The highest BCUT2D eigenvalue weighted by molar-refractivity contribution is 5.80. The fourth-order valence-corrected chi connectivity index (χ4v) is 0.550. The van der Waals surface area contributed by atoms with Gasteiger partial charge < -0.3 is 10.1 Å². The highest BCUT2D eigenvalue weighted by Gasteiger charge is 2.11. The third-order valence-electron chi connectivity index (χ3n) is 1.53. The van der Waals surface area contributed by atoms with Gasteiger partial charge in [-0.25, -0.2) is 0 Å². The minimum absolute atomic E-state index is 0.155. The molecule has 0 saturated carbocycles. The van der Waals surface area contributed by atoms with Gasteiger partial charge in [0.05, 0.1) is 12.0 Å². The van der Waals surface area contributed by atoms with E-state index in [0.29, 0.717) is 6.54 Å². The molecule has 1 amide bonds. The number of nitrogens with one attached hydrogen (secondary N) is 1. The van der Waals surface area contributed by atoms with Gasteiger partial charge in [-0.1, -0.05) is 0 Å². The summed E-state index contributed by atoms with van der Waals surface area (Å²) in [5.41, 5.74) is 0. The molecule has 0 aromatic heterocycles. The van der Waals surface area contributed by atoms with E-state index in [1.54, 1.807) is 13.8 Å². The Hall–Kier alpha value is -1.08. The van der Waals surface area contributed by atoms with Crippen molar-refractivity contribution < 1.29 is 9.53 Å². The summed E-state index contributed by atoms with van der Waals surface area (Å²) in [5, 5.41) is 11.0. The third kappa shape index (κ3) is 3.94. The van der Waals surface area contributed by atoms with E-state index in [0.717, 1.165) is 0 Å². The Labute approximate surface area is 72.5 Å². The van der Waals surface area contributed by atoms with Crippen LogP contribution in [0.5, 0.6) is 0 Å². The Balaban J connectivity index is 3.65. The second-order valence-corrected chi connectivity index (χ2v) is 2.65. The molecule has 0 spiro atoms. The predicted molar refractivity (Wildman–Crippen MR) is 44.3 cm³/mol. The number of ether oxygens (including phenoxy) is 1. The zero-order chi connectivity index (χ0) is 9.56. The summed E-state index contributed by atoms with van der Waals surface area (Å²) in [7, 11) is 1.47. The Kier molecular flexibility index (Phi) is 5.06. The molecule has 2 atom stereocenters. The Bertz CT molecular complexity index is 186. The summed E-state index contributed by atoms with van der Waals surface area (Å²) in [6.07, 6.45) is -0.448. The largest absolute Gasteiger partial charge is 0.372 e. The van der Waals surface area contributed by atoms with E-state index in [1.807, 2.05) is 6.07 Å². The predicted octanol–water partition coefficient (Wildman–Crippen LogP) is 0.297. The lowest BCUT2D eigenvalue weighted by Crippen LogP contribution is -2.36. The van der Waals surface area contributed by atoms with Gasteiger partial charge in [0.25, 0.3) is 0 Å². The van der Waals surface area contributed by atoms with Crippen LogP contribution in [0.1, 0.15) is 13.8 Å². The van der Waals surface area contributed by atoms with Crippen molar-refractivity contribution in [2.45, 2.75) is 20.0 Å². The number of amides is 1. The summed E-state index contributed by atoms with van der Waals surface area (Å²) in [5.74, 6) is -0.336. The Morgan fingerprint density at radius 3 is 2.67 bits per heavy atom. The van der Waals surface area contributed by atoms with E-state index in [1.165, 1.54) is 7.11 Å². The topological polar surface area (TPSA) is 62.1 Å². The molecule has 0 aliphatic rings. The molecule has 2 unspecified atom stereocenters. The second kappa shape index (κ2) is 5.56. The zero-order valence-electron chi connectivity index (χ0n) is 7.63. The number of carbonyl (C=O) groups excluding carboxylic acids is 1. The van der Waals surface area contributed by atoms with Crippen LogP contribution in [-0.4, -0.2) is 25.7 Å². The average Bonchev–Trinajstić information content (AvgIpc) is 2.11. The lowest BCUT2D eigenvalue weighted by Gasteiger charge is -2.10. The lowest BCUT2D eigenvalue weighted by molar-refractivity contribution is -0.130. The van der Waals surface area contributed by atoms with Crippen molar-refractivity contribution in [3.05, 3.63) is 0 Å². The van der Waals surface area contributed by atoms with Crippen LogP contribution in [0.3, 0.4) is 0 Å². The van der Waals surface area contributed by atoms with Crippen molar-refractivity contribution >= 4 is 5.91 Å². The fraction of sp³-hybridized carbons (Fsp3) is 0.750. The second-order valence-electron chi connectivity index (χ2n) is 2.65. The summed E-state index contributed by atoms with van der Waals surface area (Å²) < 4.78 is 4.78. The number of methoxy groups -OCH3 is 1. The molecule has 0 saturated heterocycles. The van der Waals surface area contributed by atoms with E-state index < -0.39 is 6.10 Å². The highest BCUT2D eigenvalue weighted by Crippen LogP contribution is 1.91. The van der Waals surface area contributed by atoms with Gasteiger partial charge in [0.1, 0.15) is 6.10 Å². The van der Waals surface area contributed by atoms with E-state index in [9.17, 15) is 4.79 Å². The molecule has 0 aliphatic carbocycles. The van der Waals surface area contributed by atoms with Crippen LogP contribution in [0, 0.1) is 17.2 Å². The van der Waals surface area contributed by atoms with Gasteiger partial charge in [0, 0.05) is 13.7 Å². The van der Waals surface area contributed by atoms with Crippen LogP contribution in [0.2, 0.25) is 0 Å². The first-order valence-corrected chi connectivity index (χ1v) is 3.82. The highest BCUT2D eigenvalue weighted by atomic mass is 16.5. The standard InChI is InChI=1S/C8H14N2O2/c1-6(4-9)5-10-8(11)7(2)12-3/h6-7H,5H2,1-3H3,(H,10,11). The van der Waals surface area contributed by atoms with Crippen LogP contribution in [0.4, 0.5) is 0 Å². The van der Waals surface area contributed by atoms with E-state index >= 15 is 0 Å². The summed E-state index contributed by atoms with van der Waals surface area (Å²) in [4.78, 5) is 11.0. The van der Waals surface area contributed by atoms with Crippen molar-refractivity contribution in [2.75, 3.05) is 13.7 Å². The Morgan fingerprint density at radius 1 is 1.67 bits per heavy atom. The van der Waals surface area contributed by atoms with Gasteiger partial charge in [-0.05, 0) is 13.8 Å². The molecule has 0 radical (unpaired) electrons. The molecule has 0 aromatic carbocycles. The number of rotatable bonds is 4. The number of hydrogen-bond donors (Lipinski definition) is 1. The SMILES string of the molecule is COC(C)C(=O)NCC(C)C#N. The molecule has 1 N–H and O–H groups in total. The molecule has 0 aromatic rings. The first-order chi connectivity index (χ1) is 5.61. The maximum Gasteiger partial charge on any atom is 0.248 e. The van der Waals surface area contributed by atoms with Gasteiger partial charge in [-0.2, -0.15) is 5.26 Å². The van der Waals surface area contributed by atoms with Crippen LogP contribution in [0.15, 0.2) is 0 Å². The molecule has 0 fully saturated rings. The average molecular weight is 170 g/mol. The van der Waals surface area contributed by atoms with Crippen molar-refractivity contribution in [1.82, 2.24) is 5.32 Å². The van der Waals surface area contributed by atoms with Crippen LogP contribution >= 0.6 is 0 Å². The maximum atomic E-state index is 11.0. The monoisotopic (exact) mass is 170 g/mol. The number of nitriles is 1. The van der Waals surface area contributed by atoms with Gasteiger partial charge in [0.2, 0.25) is 5.91 Å². The molecule has 0 heterocycles. The minimum atomic E-state index is -0.448. The maximum absolute atomic E-state index is 11.0. The summed E-state index contributed by atoms with van der Waals surface area (Å²) in [6.45, 7) is 3.78. The van der Waals surface area contributed by atoms with Gasteiger partial charge >= 0.3 is 0 Å². The molecule has 0 aliphatic heterocycles. The number of carbonyl (C=O) groups is 1. The van der Waals surface area contributed by atoms with Crippen LogP contribution in [-0.2, 0) is 9.53 Å². The van der Waals surface area contributed by atoms with Crippen LogP contribution < -0.4 is 5.32 Å². The van der Waals surface area contributed by atoms with Crippen molar-refractivity contribution in [3.8, 4) is 6.07 Å². The van der Waals surface area contributed by atoms with Crippen molar-refractivity contribution in [3.63, 3.8) is 0 Å². The molecule has 12 heavy (non-hydrogen) atoms. The number of nitrogens with zero attached hydrogens (tertiary/aromatic N) is 1. The van der Waals surface area contributed by atoms with Crippen LogP contribution in [0.25, 0.3) is 0 Å². The zero-order valence-corrected chi connectivity index (χ0v) is 7.63. The van der Waals surface area contributed by atoms with Crippen molar-refractivity contribution in [2.24, 2.45) is 5.92 Å². The van der Waals surface area contributed by atoms with Crippen molar-refractivity contribution in [1.29, 1.82) is 5.26 Å². The molecular weight excluding hydrogens is 156 g/mol. The lowest BCUT2D eigenvalue weighted by atomic mass is 10.2. The smallest absolute Gasteiger partial charge is 0.248 e. The summed E-state index contributed by atoms with van der Waals surface area (Å²) >= 11 is 0. The number of hydrogen-bond acceptors (Lipinski definition) is 3. The van der Waals surface area contributed by atoms with Gasteiger partial charge in [-0.15, -0.1) is 0 Å². The molecular formula is C8H14N2O2. The third-order valence-corrected chi connectivity index (χ3v) is 1.53. The van der Waals surface area contributed by atoms with E-state index in [2.05, 4.69) is 5.32 Å². The normalized spacial score (nSPS) is 14.5. The quantitative estimate of drug-likeness (QED) is 0.660. The molecule has 0 bridgehead atoms. The van der Waals surface area contributed by atoms with E-state index in [-0.39, 0.29) is 11.8 Å². The van der Waals surface area contributed by atoms with Gasteiger partial charge in [-0.3, -0.25) is 4.79 Å². The van der Waals surface area contributed by atoms with E-state index in [4.69, 9.17) is 10.00 Å². The first kappa shape index (κ1) is 10.9. The molecule has 4 nitrogen and oxygen atoms in total. The molecule has 68 valence electrons. The molecule has 4 heteroatoms. The summed E-state index contributed by atoms with van der Waals surface area (Å²) in [6, 6.07) is 2.02. The minimum Gasteiger partial charge on any atom is -0.372 e. The molecule has 0 rings (SSSR count). The van der Waals surface area contributed by atoms with Gasteiger partial charge in [0.15, 0.2) is 0 Å². The first-order valence-electron chi connectivity index (χ1n) is 3.82.